The average Bonchev–Trinajstić information content (AvgIpc) is 2.44. The summed E-state index contributed by atoms with van der Waals surface area (Å²) in [4.78, 5) is 9.98. The van der Waals surface area contributed by atoms with E-state index in [0.717, 1.165) is 0 Å². The van der Waals surface area contributed by atoms with Gasteiger partial charge in [-0.3, -0.25) is 0 Å². The van der Waals surface area contributed by atoms with E-state index in [1.807, 2.05) is 0 Å². The van der Waals surface area contributed by atoms with Gasteiger partial charge in [0.15, 0.2) is 0 Å². The molecule has 0 aromatic carbocycles. The minimum atomic E-state index is -1.22. The van der Waals surface area contributed by atoms with Crippen LogP contribution in [0.2, 0.25) is 0 Å². The molecule has 0 saturated heterocycles. The minimum absolute atomic E-state index is 0.464. The van der Waals surface area contributed by atoms with E-state index >= 15 is 0 Å². The average molecular weight is 110 g/mol. The highest BCUT2D eigenvalue weighted by Crippen LogP contribution is 2.43. The quantitative estimate of drug-likeness (QED) is 0.436. The molecule has 1 rings (SSSR count). The van der Waals surface area contributed by atoms with E-state index in [0.29, 0.717) is 12.8 Å². The van der Waals surface area contributed by atoms with Gasteiger partial charge in [-0.05, 0) is 12.8 Å². The van der Waals surface area contributed by atoms with E-state index in [2.05, 4.69) is 0 Å². The summed E-state index contributed by atoms with van der Waals surface area (Å²) in [5.74, 6) is -1.22. The number of rotatable bonds is 1. The third-order valence-electron chi connectivity index (χ3n) is 1.35. The summed E-state index contributed by atoms with van der Waals surface area (Å²) >= 11 is 0. The van der Waals surface area contributed by atoms with Gasteiger partial charge in [0.25, 0.3) is 0 Å². The van der Waals surface area contributed by atoms with E-state index in [-0.39, 0.29) is 0 Å². The maximum absolute atomic E-state index is 9.98. The number of carboxylic acids is 1. The maximum atomic E-state index is 9.98. The molecule has 0 atom stereocenters. The topological polar surface area (TPSA) is 63.9 Å². The summed E-state index contributed by atoms with van der Waals surface area (Å²) in [7, 11) is 0. The number of nitrogens with zero attached hydrogens (tertiary/aromatic N) is 1. The highest BCUT2D eigenvalue weighted by atomic mass is 16.4. The number of carbonyl (C=O) groups is 1. The smallest absolute Gasteiger partial charge is 0.0968 e. The van der Waals surface area contributed by atoms with Crippen molar-refractivity contribution in [3.8, 4) is 6.07 Å². The van der Waals surface area contributed by atoms with E-state index in [1.54, 1.807) is 6.07 Å². The van der Waals surface area contributed by atoms with Crippen LogP contribution in [0.5, 0.6) is 0 Å². The molecule has 0 spiro atoms. The molecule has 0 N–H and O–H groups in total. The number of hydrogen-bond acceptors (Lipinski definition) is 3. The number of nitriles is 1. The first-order valence-corrected chi connectivity index (χ1v) is 2.34. The van der Waals surface area contributed by atoms with Gasteiger partial charge in [0.05, 0.1) is 17.5 Å². The van der Waals surface area contributed by atoms with E-state index in [4.69, 9.17) is 5.26 Å². The van der Waals surface area contributed by atoms with Gasteiger partial charge in [0, 0.05) is 0 Å². The Labute approximate surface area is 46.5 Å². The normalized spacial score (nSPS) is 21.4. The van der Waals surface area contributed by atoms with E-state index in [1.165, 1.54) is 0 Å². The van der Waals surface area contributed by atoms with Crippen molar-refractivity contribution in [2.75, 3.05) is 0 Å². The monoisotopic (exact) mass is 110 g/mol. The molecule has 3 nitrogen and oxygen atoms in total. The third kappa shape index (κ3) is 0.463. The Morgan fingerprint density at radius 2 is 2.25 bits per heavy atom. The minimum Gasteiger partial charge on any atom is -0.548 e. The molecule has 3 heteroatoms. The Hall–Kier alpha value is -1.04. The first-order chi connectivity index (χ1) is 3.71. The Morgan fingerprint density at radius 3 is 2.25 bits per heavy atom. The number of aliphatic carboxylic acids is 1. The largest absolute Gasteiger partial charge is 0.548 e. The third-order valence-corrected chi connectivity index (χ3v) is 1.35. The summed E-state index contributed by atoms with van der Waals surface area (Å²) < 4.78 is 0. The van der Waals surface area contributed by atoms with Gasteiger partial charge in [0.2, 0.25) is 0 Å². The number of carboxylic acid groups (broad SMARTS) is 1. The highest BCUT2D eigenvalue weighted by molar-refractivity contribution is 5.79. The zero-order valence-electron chi connectivity index (χ0n) is 4.18. The lowest BCUT2D eigenvalue weighted by Crippen LogP contribution is -2.31. The lowest BCUT2D eigenvalue weighted by molar-refractivity contribution is -0.311. The van der Waals surface area contributed by atoms with Crippen molar-refractivity contribution in [3.63, 3.8) is 0 Å². The van der Waals surface area contributed by atoms with Gasteiger partial charge in [-0.1, -0.05) is 0 Å². The van der Waals surface area contributed by atoms with Crippen LogP contribution >= 0.6 is 0 Å². The molecular weight excluding hydrogens is 106 g/mol. The zero-order valence-corrected chi connectivity index (χ0v) is 4.18. The second-order valence-electron chi connectivity index (χ2n) is 1.98. The lowest BCUT2D eigenvalue weighted by Gasteiger charge is -2.02. The van der Waals surface area contributed by atoms with Crippen LogP contribution < -0.4 is 5.11 Å². The molecule has 42 valence electrons. The number of hydrogen-bond donors (Lipinski definition) is 0. The molecule has 0 radical (unpaired) electrons. The molecule has 0 aliphatic heterocycles. The fourth-order valence-corrected chi connectivity index (χ4v) is 0.487. The molecular formula is C5H4NO2-. The summed E-state index contributed by atoms with van der Waals surface area (Å²) in [6, 6.07) is 1.69. The van der Waals surface area contributed by atoms with Crippen molar-refractivity contribution in [1.29, 1.82) is 5.26 Å². The van der Waals surface area contributed by atoms with Crippen LogP contribution in [0.4, 0.5) is 0 Å². The Balaban J connectivity index is 2.71. The van der Waals surface area contributed by atoms with Crippen LogP contribution in [0.15, 0.2) is 0 Å². The van der Waals surface area contributed by atoms with Crippen LogP contribution in [0.25, 0.3) is 0 Å². The lowest BCUT2D eigenvalue weighted by atomic mass is 10.1. The highest BCUT2D eigenvalue weighted by Gasteiger charge is 2.44. The molecule has 0 heterocycles. The number of carbonyl (C=O) groups excluding carboxylic acids is 1. The second-order valence-corrected chi connectivity index (χ2v) is 1.98. The molecule has 1 saturated carbocycles. The van der Waals surface area contributed by atoms with Gasteiger partial charge < -0.3 is 9.90 Å². The Morgan fingerprint density at radius 1 is 1.75 bits per heavy atom. The van der Waals surface area contributed by atoms with Crippen molar-refractivity contribution < 1.29 is 9.90 Å². The summed E-state index contributed by atoms with van der Waals surface area (Å²) in [6.45, 7) is 0. The van der Waals surface area contributed by atoms with E-state index < -0.39 is 11.4 Å². The predicted octanol–water partition coefficient (Wildman–Crippen LogP) is -0.960. The fourth-order valence-electron chi connectivity index (χ4n) is 0.487. The first-order valence-electron chi connectivity index (χ1n) is 2.34. The van der Waals surface area contributed by atoms with Crippen LogP contribution in [0, 0.1) is 16.7 Å². The second kappa shape index (κ2) is 1.22. The summed E-state index contributed by atoms with van der Waals surface area (Å²) in [5, 5.41) is 18.1. The molecule has 0 aromatic heterocycles. The molecule has 0 aromatic rings. The fraction of sp³-hybridized carbons (Fsp3) is 0.600. The molecule has 0 amide bonds. The molecule has 0 bridgehead atoms. The molecule has 8 heavy (non-hydrogen) atoms. The van der Waals surface area contributed by atoms with Gasteiger partial charge >= 0.3 is 0 Å². The van der Waals surface area contributed by atoms with Crippen molar-refractivity contribution in [2.24, 2.45) is 5.41 Å². The Bertz CT molecular complexity index is 164. The Kier molecular flexibility index (Phi) is 0.779. The van der Waals surface area contributed by atoms with Crippen molar-refractivity contribution >= 4 is 5.97 Å². The summed E-state index contributed by atoms with van der Waals surface area (Å²) in [5.41, 5.74) is -1.10. The zero-order chi connectivity index (χ0) is 6.20. The van der Waals surface area contributed by atoms with Crippen LogP contribution in [-0.2, 0) is 4.79 Å². The van der Waals surface area contributed by atoms with Crippen molar-refractivity contribution in [1.82, 2.24) is 0 Å². The SMILES string of the molecule is N#CC1(C(=O)[O-])CC1. The van der Waals surface area contributed by atoms with Gasteiger partial charge in [-0.25, -0.2) is 0 Å². The van der Waals surface area contributed by atoms with Gasteiger partial charge in [-0.15, -0.1) is 0 Å². The van der Waals surface area contributed by atoms with Gasteiger partial charge in [0.1, 0.15) is 0 Å². The maximum Gasteiger partial charge on any atom is 0.0968 e. The standard InChI is InChI=1S/C5H5NO2/c6-3-5(1-2-5)4(7)8/h1-2H2,(H,7,8)/p-1. The first kappa shape index (κ1) is 5.10. The molecule has 1 fully saturated rings. The van der Waals surface area contributed by atoms with Crippen LogP contribution in [-0.4, -0.2) is 5.97 Å². The van der Waals surface area contributed by atoms with Crippen molar-refractivity contribution in [3.05, 3.63) is 0 Å². The van der Waals surface area contributed by atoms with Crippen molar-refractivity contribution in [2.45, 2.75) is 12.8 Å². The van der Waals surface area contributed by atoms with Gasteiger partial charge in [-0.2, -0.15) is 5.26 Å². The van der Waals surface area contributed by atoms with E-state index in [9.17, 15) is 9.90 Å². The summed E-state index contributed by atoms with van der Waals surface area (Å²) in [6.07, 6.45) is 0.928. The van der Waals surface area contributed by atoms with Crippen LogP contribution in [0.1, 0.15) is 12.8 Å². The van der Waals surface area contributed by atoms with Crippen LogP contribution in [0.3, 0.4) is 0 Å². The molecule has 0 unspecified atom stereocenters. The predicted molar refractivity (Wildman–Crippen MR) is 22.3 cm³/mol. The molecule has 1 aliphatic carbocycles. The molecule has 1 aliphatic rings.